The Kier molecular flexibility index (Phi) is 5.90. The third-order valence-corrected chi connectivity index (χ3v) is 3.18. The minimum absolute atomic E-state index is 0.00560. The van der Waals surface area contributed by atoms with Gasteiger partial charge in [-0.05, 0) is 26.0 Å². The molecule has 0 bridgehead atoms. The van der Waals surface area contributed by atoms with Crippen molar-refractivity contribution in [3.63, 3.8) is 0 Å². The Hall–Kier alpha value is -1.88. The number of hydrogen-bond acceptors (Lipinski definition) is 4. The number of nitrogens with zero attached hydrogens (tertiary/aromatic N) is 1. The van der Waals surface area contributed by atoms with Gasteiger partial charge in [-0.15, -0.1) is 0 Å². The normalized spacial score (nSPS) is 11.2. The first-order valence-corrected chi connectivity index (χ1v) is 6.72. The summed E-state index contributed by atoms with van der Waals surface area (Å²) in [5.41, 5.74) is 0.0713. The number of hydrogen-bond donors (Lipinski definition) is 0. The van der Waals surface area contributed by atoms with Gasteiger partial charge in [0.1, 0.15) is 11.4 Å². The summed E-state index contributed by atoms with van der Waals surface area (Å²) < 4.78 is 18.3. The monoisotopic (exact) mass is 313 g/mol. The van der Waals surface area contributed by atoms with Crippen LogP contribution in [-0.2, 0) is 9.53 Å². The van der Waals surface area contributed by atoms with E-state index in [-0.39, 0.29) is 28.3 Å². The zero-order valence-corrected chi connectivity index (χ0v) is 13.1. The van der Waals surface area contributed by atoms with Gasteiger partial charge < -0.3 is 9.64 Å². The number of halogens is 2. The largest absolute Gasteiger partial charge is 0.462 e. The third-order valence-electron chi connectivity index (χ3n) is 2.69. The molecule has 114 valence electrons. The summed E-state index contributed by atoms with van der Waals surface area (Å²) in [4.78, 5) is 25.9. The fourth-order valence-corrected chi connectivity index (χ4v) is 1.89. The highest BCUT2D eigenvalue weighted by molar-refractivity contribution is 6.37. The molecule has 0 spiro atoms. The SMILES string of the molecule is CCOC(=O)/C(=C\N(C)C)C(=O)c1ccc(F)c(C)c1Cl. The lowest BCUT2D eigenvalue weighted by Gasteiger charge is -2.12. The predicted octanol–water partition coefficient (Wildman–Crippen LogP) is 2.98. The number of carbonyl (C=O) groups is 2. The lowest BCUT2D eigenvalue weighted by Crippen LogP contribution is -2.20. The van der Waals surface area contributed by atoms with Crippen molar-refractivity contribution in [1.82, 2.24) is 4.90 Å². The van der Waals surface area contributed by atoms with E-state index in [9.17, 15) is 14.0 Å². The highest BCUT2D eigenvalue weighted by Gasteiger charge is 2.24. The quantitative estimate of drug-likeness (QED) is 0.276. The van der Waals surface area contributed by atoms with Crippen molar-refractivity contribution in [1.29, 1.82) is 0 Å². The topological polar surface area (TPSA) is 46.6 Å². The summed E-state index contributed by atoms with van der Waals surface area (Å²) >= 11 is 6.00. The van der Waals surface area contributed by atoms with Crippen LogP contribution in [0.2, 0.25) is 5.02 Å². The van der Waals surface area contributed by atoms with Crippen molar-refractivity contribution >= 4 is 23.4 Å². The van der Waals surface area contributed by atoms with Crippen LogP contribution in [0.25, 0.3) is 0 Å². The van der Waals surface area contributed by atoms with Crippen LogP contribution in [0, 0.1) is 12.7 Å². The molecule has 0 aromatic heterocycles. The van der Waals surface area contributed by atoms with Crippen LogP contribution in [0.1, 0.15) is 22.8 Å². The smallest absolute Gasteiger partial charge is 0.343 e. The summed E-state index contributed by atoms with van der Waals surface area (Å²) in [7, 11) is 3.34. The fraction of sp³-hybridized carbons (Fsp3) is 0.333. The number of ketones is 1. The molecule has 0 aliphatic rings. The van der Waals surface area contributed by atoms with Crippen LogP contribution in [0.4, 0.5) is 4.39 Å². The van der Waals surface area contributed by atoms with Gasteiger partial charge in [0.15, 0.2) is 0 Å². The lowest BCUT2D eigenvalue weighted by molar-refractivity contribution is -0.138. The van der Waals surface area contributed by atoms with E-state index in [1.54, 1.807) is 25.9 Å². The number of esters is 1. The van der Waals surface area contributed by atoms with E-state index in [0.29, 0.717) is 0 Å². The molecule has 1 aromatic carbocycles. The molecule has 0 saturated carbocycles. The zero-order chi connectivity index (χ0) is 16.2. The van der Waals surface area contributed by atoms with Gasteiger partial charge in [-0.25, -0.2) is 9.18 Å². The Labute approximate surface area is 128 Å². The standard InChI is InChI=1S/C15H17ClFNO3/c1-5-21-15(20)11(8-18(3)4)14(19)10-6-7-12(17)9(2)13(10)16/h6-8H,5H2,1-4H3/b11-8-. The minimum Gasteiger partial charge on any atom is -0.462 e. The van der Waals surface area contributed by atoms with E-state index < -0.39 is 17.6 Å². The minimum atomic E-state index is -0.741. The van der Waals surface area contributed by atoms with Crippen LogP contribution in [-0.4, -0.2) is 37.4 Å². The second-order valence-electron chi connectivity index (χ2n) is 4.59. The molecule has 0 heterocycles. The molecular formula is C15H17ClFNO3. The Balaban J connectivity index is 3.30. The summed E-state index contributed by atoms with van der Waals surface area (Å²) in [6.07, 6.45) is 1.36. The van der Waals surface area contributed by atoms with Gasteiger partial charge in [0, 0.05) is 31.4 Å². The average molecular weight is 314 g/mol. The molecule has 1 rings (SSSR count). The summed E-state index contributed by atoms with van der Waals surface area (Å²) in [6, 6.07) is 2.41. The first-order chi connectivity index (χ1) is 9.79. The van der Waals surface area contributed by atoms with E-state index in [4.69, 9.17) is 16.3 Å². The molecule has 0 N–H and O–H groups in total. The Morgan fingerprint density at radius 2 is 2.00 bits per heavy atom. The van der Waals surface area contributed by atoms with Gasteiger partial charge in [-0.1, -0.05) is 11.6 Å². The van der Waals surface area contributed by atoms with Gasteiger partial charge in [-0.2, -0.15) is 0 Å². The van der Waals surface area contributed by atoms with Gasteiger partial charge >= 0.3 is 5.97 Å². The lowest BCUT2D eigenvalue weighted by atomic mass is 10.0. The van der Waals surface area contributed by atoms with E-state index in [1.165, 1.54) is 19.2 Å². The Morgan fingerprint density at radius 1 is 1.38 bits per heavy atom. The van der Waals surface area contributed by atoms with Crippen LogP contribution in [0.15, 0.2) is 23.9 Å². The van der Waals surface area contributed by atoms with E-state index in [2.05, 4.69) is 0 Å². The maximum absolute atomic E-state index is 13.4. The second kappa shape index (κ2) is 7.22. The van der Waals surface area contributed by atoms with Crippen LogP contribution in [0.3, 0.4) is 0 Å². The number of Topliss-reactive ketones (excluding diaryl/α,β-unsaturated/α-hetero) is 1. The number of carbonyl (C=O) groups excluding carboxylic acids is 2. The van der Waals surface area contributed by atoms with Crippen LogP contribution >= 0.6 is 11.6 Å². The molecule has 6 heteroatoms. The second-order valence-corrected chi connectivity index (χ2v) is 4.97. The molecule has 0 aliphatic heterocycles. The van der Waals surface area contributed by atoms with Crippen molar-refractivity contribution in [2.24, 2.45) is 0 Å². The summed E-state index contributed by atoms with van der Waals surface area (Å²) in [5, 5.41) is -0.00560. The maximum Gasteiger partial charge on any atom is 0.343 e. The van der Waals surface area contributed by atoms with Gasteiger partial charge in [0.25, 0.3) is 0 Å². The van der Waals surface area contributed by atoms with E-state index >= 15 is 0 Å². The van der Waals surface area contributed by atoms with Crippen LogP contribution in [0.5, 0.6) is 0 Å². The first kappa shape index (κ1) is 17.2. The van der Waals surface area contributed by atoms with E-state index in [0.717, 1.165) is 6.07 Å². The van der Waals surface area contributed by atoms with Crippen molar-refractivity contribution in [2.75, 3.05) is 20.7 Å². The van der Waals surface area contributed by atoms with Gasteiger partial charge in [0.2, 0.25) is 5.78 Å². The summed E-state index contributed by atoms with van der Waals surface area (Å²) in [6.45, 7) is 3.26. The highest BCUT2D eigenvalue weighted by atomic mass is 35.5. The molecule has 0 fully saturated rings. The molecular weight excluding hydrogens is 297 g/mol. The molecule has 0 unspecified atom stereocenters. The zero-order valence-electron chi connectivity index (χ0n) is 12.4. The molecule has 1 aromatic rings. The fourth-order valence-electron chi connectivity index (χ4n) is 1.65. The first-order valence-electron chi connectivity index (χ1n) is 6.34. The van der Waals surface area contributed by atoms with E-state index in [1.807, 2.05) is 0 Å². The third kappa shape index (κ3) is 4.04. The number of rotatable bonds is 5. The molecule has 0 aliphatic carbocycles. The molecule has 0 saturated heterocycles. The van der Waals surface area contributed by atoms with Crippen LogP contribution < -0.4 is 0 Å². The number of benzene rings is 1. The van der Waals surface area contributed by atoms with Crippen molar-refractivity contribution in [3.8, 4) is 0 Å². The highest BCUT2D eigenvalue weighted by Crippen LogP contribution is 2.25. The predicted molar refractivity (Wildman–Crippen MR) is 78.9 cm³/mol. The Morgan fingerprint density at radius 3 is 2.52 bits per heavy atom. The summed E-state index contributed by atoms with van der Waals surface area (Å²) in [5.74, 6) is -1.85. The van der Waals surface area contributed by atoms with Crippen molar-refractivity contribution in [3.05, 3.63) is 45.9 Å². The average Bonchev–Trinajstić information content (AvgIpc) is 2.41. The molecule has 0 radical (unpaired) electrons. The molecule has 4 nitrogen and oxygen atoms in total. The molecule has 21 heavy (non-hydrogen) atoms. The van der Waals surface area contributed by atoms with Gasteiger partial charge in [0.05, 0.1) is 11.6 Å². The molecule has 0 atom stereocenters. The number of ether oxygens (including phenoxy) is 1. The van der Waals surface area contributed by atoms with Crippen molar-refractivity contribution in [2.45, 2.75) is 13.8 Å². The van der Waals surface area contributed by atoms with Crippen molar-refractivity contribution < 1.29 is 18.7 Å². The Bertz CT molecular complexity index is 597. The maximum atomic E-state index is 13.4. The molecule has 0 amide bonds. The van der Waals surface area contributed by atoms with Gasteiger partial charge in [-0.3, -0.25) is 4.79 Å².